The van der Waals surface area contributed by atoms with Gasteiger partial charge in [0.25, 0.3) is 0 Å². The van der Waals surface area contributed by atoms with Gasteiger partial charge in [-0.1, -0.05) is 60.7 Å². The molecule has 3 aromatic rings. The van der Waals surface area contributed by atoms with Crippen LogP contribution in [0.5, 0.6) is 5.75 Å². The van der Waals surface area contributed by atoms with Crippen LogP contribution in [0.3, 0.4) is 0 Å². The lowest BCUT2D eigenvalue weighted by molar-refractivity contribution is 0.112. The van der Waals surface area contributed by atoms with E-state index in [9.17, 15) is 4.79 Å². The molecule has 0 saturated carbocycles. The van der Waals surface area contributed by atoms with E-state index in [0.29, 0.717) is 5.56 Å². The van der Waals surface area contributed by atoms with Gasteiger partial charge in [0.1, 0.15) is 12.0 Å². The second-order valence-electron chi connectivity index (χ2n) is 6.48. The van der Waals surface area contributed by atoms with Crippen molar-refractivity contribution in [3.63, 3.8) is 0 Å². The quantitative estimate of drug-likeness (QED) is 0.593. The van der Waals surface area contributed by atoms with Gasteiger partial charge in [-0.05, 0) is 58.4 Å². The second kappa shape index (κ2) is 7.01. The number of rotatable bonds is 4. The third kappa shape index (κ3) is 2.95. The van der Waals surface area contributed by atoms with Crippen LogP contribution in [0.2, 0.25) is 0 Å². The van der Waals surface area contributed by atoms with E-state index in [1.807, 2.05) is 36.4 Å². The number of allylic oxidation sites excluding steroid dienone is 1. The van der Waals surface area contributed by atoms with Crippen molar-refractivity contribution in [2.75, 3.05) is 7.11 Å². The molecular formula is C24H20O2. The molecule has 0 N–H and O–H groups in total. The van der Waals surface area contributed by atoms with Crippen LogP contribution in [0.4, 0.5) is 0 Å². The predicted octanol–water partition coefficient (Wildman–Crippen LogP) is 5.41. The summed E-state index contributed by atoms with van der Waals surface area (Å²) in [6.07, 6.45) is 2.86. The Morgan fingerprint density at radius 3 is 2.31 bits per heavy atom. The van der Waals surface area contributed by atoms with Gasteiger partial charge in [0.2, 0.25) is 0 Å². The number of methoxy groups -OCH3 is 1. The van der Waals surface area contributed by atoms with E-state index in [4.69, 9.17) is 4.74 Å². The molecule has 0 unspecified atom stereocenters. The summed E-state index contributed by atoms with van der Waals surface area (Å²) >= 11 is 0. The second-order valence-corrected chi connectivity index (χ2v) is 6.48. The molecule has 1 aliphatic carbocycles. The van der Waals surface area contributed by atoms with E-state index in [2.05, 4.69) is 36.4 Å². The van der Waals surface area contributed by atoms with E-state index in [1.54, 1.807) is 7.11 Å². The molecule has 0 fully saturated rings. The van der Waals surface area contributed by atoms with Crippen molar-refractivity contribution < 1.29 is 9.53 Å². The molecule has 2 heteroatoms. The van der Waals surface area contributed by atoms with Crippen LogP contribution >= 0.6 is 0 Å². The molecule has 0 bridgehead atoms. The third-order valence-electron chi connectivity index (χ3n) is 4.99. The summed E-state index contributed by atoms with van der Waals surface area (Å²) in [5.41, 5.74) is 8.23. The molecule has 2 nitrogen and oxygen atoms in total. The topological polar surface area (TPSA) is 26.3 Å². The van der Waals surface area contributed by atoms with E-state index in [0.717, 1.165) is 30.4 Å². The van der Waals surface area contributed by atoms with Crippen LogP contribution in [0.15, 0.2) is 72.8 Å². The van der Waals surface area contributed by atoms with Crippen molar-refractivity contribution in [3.8, 4) is 5.75 Å². The Hall–Kier alpha value is -3.13. The zero-order valence-corrected chi connectivity index (χ0v) is 14.7. The standard InChI is InChI=1S/C24H20O2/c1-26-21-12-14-23-20(15-21)11-13-22(18-5-3-2-4-6-18)24(23)19-9-7-17(16-25)8-10-19/h2-10,12,14-16H,11,13H2,1H3. The van der Waals surface area contributed by atoms with Crippen LogP contribution in [0.1, 0.15) is 39.0 Å². The van der Waals surface area contributed by atoms with Crippen molar-refractivity contribution in [1.29, 1.82) is 0 Å². The molecule has 0 atom stereocenters. The van der Waals surface area contributed by atoms with E-state index < -0.39 is 0 Å². The summed E-state index contributed by atoms with van der Waals surface area (Å²) in [6.45, 7) is 0. The molecule has 0 saturated heterocycles. The van der Waals surface area contributed by atoms with Gasteiger partial charge in [-0.2, -0.15) is 0 Å². The van der Waals surface area contributed by atoms with Crippen LogP contribution in [0.25, 0.3) is 11.1 Å². The molecular weight excluding hydrogens is 320 g/mol. The number of hydrogen-bond acceptors (Lipinski definition) is 2. The Morgan fingerprint density at radius 2 is 1.62 bits per heavy atom. The maximum Gasteiger partial charge on any atom is 0.150 e. The van der Waals surface area contributed by atoms with Gasteiger partial charge < -0.3 is 4.74 Å². The fraction of sp³-hybridized carbons (Fsp3) is 0.125. The number of aldehydes is 1. The minimum Gasteiger partial charge on any atom is -0.497 e. The highest BCUT2D eigenvalue weighted by atomic mass is 16.5. The predicted molar refractivity (Wildman–Crippen MR) is 106 cm³/mol. The first kappa shape index (κ1) is 16.3. The summed E-state index contributed by atoms with van der Waals surface area (Å²) in [5.74, 6) is 0.891. The summed E-state index contributed by atoms with van der Waals surface area (Å²) in [6, 6.07) is 24.7. The summed E-state index contributed by atoms with van der Waals surface area (Å²) < 4.78 is 5.41. The van der Waals surface area contributed by atoms with Gasteiger partial charge in [0.15, 0.2) is 0 Å². The maximum atomic E-state index is 11.0. The summed E-state index contributed by atoms with van der Waals surface area (Å²) in [5, 5.41) is 0. The molecule has 0 spiro atoms. The third-order valence-corrected chi connectivity index (χ3v) is 4.99. The van der Waals surface area contributed by atoms with Crippen molar-refractivity contribution >= 4 is 17.4 Å². The number of aryl methyl sites for hydroxylation is 1. The van der Waals surface area contributed by atoms with Gasteiger partial charge >= 0.3 is 0 Å². The van der Waals surface area contributed by atoms with Gasteiger partial charge in [0, 0.05) is 5.56 Å². The maximum absolute atomic E-state index is 11.0. The number of benzene rings is 3. The SMILES string of the molecule is COc1ccc2c(c1)CCC(c1ccccc1)=C2c1ccc(C=O)cc1. The smallest absolute Gasteiger partial charge is 0.150 e. The Kier molecular flexibility index (Phi) is 4.40. The van der Waals surface area contributed by atoms with Crippen molar-refractivity contribution in [2.24, 2.45) is 0 Å². The molecule has 0 aliphatic heterocycles. The largest absolute Gasteiger partial charge is 0.497 e. The van der Waals surface area contributed by atoms with Gasteiger partial charge in [-0.3, -0.25) is 4.79 Å². The van der Waals surface area contributed by atoms with Gasteiger partial charge in [-0.15, -0.1) is 0 Å². The molecule has 26 heavy (non-hydrogen) atoms. The van der Waals surface area contributed by atoms with Crippen LogP contribution in [-0.2, 0) is 6.42 Å². The number of hydrogen-bond donors (Lipinski definition) is 0. The average molecular weight is 340 g/mol. The monoisotopic (exact) mass is 340 g/mol. The first-order chi connectivity index (χ1) is 12.8. The fourth-order valence-electron chi connectivity index (χ4n) is 3.68. The van der Waals surface area contributed by atoms with E-state index >= 15 is 0 Å². The molecule has 0 radical (unpaired) electrons. The average Bonchev–Trinajstić information content (AvgIpc) is 2.73. The molecule has 128 valence electrons. The zero-order chi connectivity index (χ0) is 17.9. The number of carbonyl (C=O) groups is 1. The van der Waals surface area contributed by atoms with E-state index in [1.165, 1.54) is 27.8 Å². The van der Waals surface area contributed by atoms with Crippen molar-refractivity contribution in [2.45, 2.75) is 12.8 Å². The van der Waals surface area contributed by atoms with E-state index in [-0.39, 0.29) is 0 Å². The van der Waals surface area contributed by atoms with Crippen LogP contribution < -0.4 is 4.74 Å². The number of fused-ring (bicyclic) bond motifs is 1. The van der Waals surface area contributed by atoms with Crippen LogP contribution in [0, 0.1) is 0 Å². The lowest BCUT2D eigenvalue weighted by Crippen LogP contribution is -2.06. The van der Waals surface area contributed by atoms with Gasteiger partial charge in [0.05, 0.1) is 7.11 Å². The lowest BCUT2D eigenvalue weighted by atomic mass is 9.79. The normalized spacial score (nSPS) is 13.3. The minimum absolute atomic E-state index is 0.696. The Labute approximate surface area is 153 Å². The minimum atomic E-state index is 0.696. The molecule has 0 heterocycles. The Morgan fingerprint density at radius 1 is 0.846 bits per heavy atom. The summed E-state index contributed by atoms with van der Waals surface area (Å²) in [7, 11) is 1.70. The first-order valence-corrected chi connectivity index (χ1v) is 8.81. The summed E-state index contributed by atoms with van der Waals surface area (Å²) in [4.78, 5) is 11.0. The highest BCUT2D eigenvalue weighted by Crippen LogP contribution is 2.41. The highest BCUT2D eigenvalue weighted by Gasteiger charge is 2.21. The number of carbonyl (C=O) groups excluding carboxylic acids is 1. The fourth-order valence-corrected chi connectivity index (χ4v) is 3.68. The molecule has 0 aromatic heterocycles. The van der Waals surface area contributed by atoms with Crippen molar-refractivity contribution in [3.05, 3.63) is 101 Å². The lowest BCUT2D eigenvalue weighted by Gasteiger charge is -2.25. The Bertz CT molecular complexity index is 967. The number of ether oxygens (including phenoxy) is 1. The molecule has 4 rings (SSSR count). The molecule has 1 aliphatic rings. The highest BCUT2D eigenvalue weighted by molar-refractivity contribution is 6.01. The first-order valence-electron chi connectivity index (χ1n) is 8.81. The molecule has 3 aromatic carbocycles. The molecule has 0 amide bonds. The zero-order valence-electron chi connectivity index (χ0n) is 14.7. The van der Waals surface area contributed by atoms with Gasteiger partial charge in [-0.25, -0.2) is 0 Å². The van der Waals surface area contributed by atoms with Crippen LogP contribution in [-0.4, -0.2) is 13.4 Å². The Balaban J connectivity index is 1.94. The van der Waals surface area contributed by atoms with Crippen molar-refractivity contribution in [1.82, 2.24) is 0 Å².